The largest absolute Gasteiger partial charge is 0.396 e. The first-order chi connectivity index (χ1) is 11.8. The van der Waals surface area contributed by atoms with Crippen molar-refractivity contribution in [3.8, 4) is 11.1 Å². The fraction of sp³-hybridized carbons (Fsp3) is 0.211. The number of hydrogen-bond donors (Lipinski definition) is 2. The number of fused-ring (bicyclic) bond motifs is 1. The molecule has 0 spiro atoms. The predicted molar refractivity (Wildman–Crippen MR) is 97.5 cm³/mol. The highest BCUT2D eigenvalue weighted by molar-refractivity contribution is 5.93. The topological polar surface area (TPSA) is 80.9 Å². The third kappa shape index (κ3) is 3.42. The maximum absolute atomic E-state index is 13.4. The molecule has 3 aromatic rings. The number of halogens is 1. The Bertz CT molecular complexity index is 969. The predicted octanol–water partition coefficient (Wildman–Crippen LogP) is 3.92. The van der Waals surface area contributed by atoms with Gasteiger partial charge in [0.05, 0.1) is 11.2 Å². The quantitative estimate of drug-likeness (QED) is 0.709. The Morgan fingerprint density at radius 2 is 2.00 bits per heavy atom. The molecule has 0 aliphatic carbocycles. The van der Waals surface area contributed by atoms with Gasteiger partial charge in [0.1, 0.15) is 11.6 Å². The van der Waals surface area contributed by atoms with E-state index >= 15 is 0 Å². The molecule has 0 aliphatic heterocycles. The number of nitrogens with two attached hydrogens (primary N) is 1. The van der Waals surface area contributed by atoms with Crippen LogP contribution in [0.4, 0.5) is 15.9 Å². The van der Waals surface area contributed by atoms with Crippen LogP contribution in [0.25, 0.3) is 22.0 Å². The number of nitrogens with one attached hydrogen (secondary N) is 1. The van der Waals surface area contributed by atoms with Gasteiger partial charge in [-0.1, -0.05) is 19.9 Å². The van der Waals surface area contributed by atoms with Gasteiger partial charge >= 0.3 is 0 Å². The van der Waals surface area contributed by atoms with Gasteiger partial charge < -0.3 is 11.1 Å². The van der Waals surface area contributed by atoms with Crippen LogP contribution in [0.3, 0.4) is 0 Å². The molecular weight excluding hydrogens is 319 g/mol. The summed E-state index contributed by atoms with van der Waals surface area (Å²) < 4.78 is 13.4. The van der Waals surface area contributed by atoms with Gasteiger partial charge in [0.2, 0.25) is 5.91 Å². The molecule has 0 unspecified atom stereocenters. The number of pyridine rings is 2. The van der Waals surface area contributed by atoms with Crippen molar-refractivity contribution < 1.29 is 9.18 Å². The number of nitrogens with zero attached hydrogens (tertiary/aromatic N) is 2. The molecule has 128 valence electrons. The van der Waals surface area contributed by atoms with Gasteiger partial charge in [-0.25, -0.2) is 9.37 Å². The lowest BCUT2D eigenvalue weighted by Crippen LogP contribution is -2.18. The van der Waals surface area contributed by atoms with Gasteiger partial charge in [0.15, 0.2) is 0 Å². The summed E-state index contributed by atoms with van der Waals surface area (Å²) in [6.45, 7) is 5.51. The van der Waals surface area contributed by atoms with Gasteiger partial charge in [-0.3, -0.25) is 9.78 Å². The second-order valence-electron chi connectivity index (χ2n) is 6.26. The highest BCUT2D eigenvalue weighted by Gasteiger charge is 2.11. The highest BCUT2D eigenvalue weighted by Crippen LogP contribution is 2.29. The third-order valence-electron chi connectivity index (χ3n) is 3.97. The molecule has 3 N–H and O–H groups in total. The monoisotopic (exact) mass is 338 g/mol. The van der Waals surface area contributed by atoms with E-state index in [2.05, 4.69) is 15.3 Å². The molecule has 0 atom stereocenters. The average Bonchev–Trinajstić information content (AvgIpc) is 2.56. The van der Waals surface area contributed by atoms with E-state index < -0.39 is 5.82 Å². The molecule has 1 amide bonds. The van der Waals surface area contributed by atoms with Crippen LogP contribution in [-0.2, 0) is 4.79 Å². The second-order valence-corrected chi connectivity index (χ2v) is 6.26. The van der Waals surface area contributed by atoms with E-state index in [-0.39, 0.29) is 17.5 Å². The smallest absolute Gasteiger partial charge is 0.228 e. The van der Waals surface area contributed by atoms with Crippen molar-refractivity contribution in [2.24, 2.45) is 5.92 Å². The van der Waals surface area contributed by atoms with Gasteiger partial charge in [0.25, 0.3) is 0 Å². The van der Waals surface area contributed by atoms with Crippen molar-refractivity contribution in [1.82, 2.24) is 9.97 Å². The summed E-state index contributed by atoms with van der Waals surface area (Å²) in [5.74, 6) is -0.195. The van der Waals surface area contributed by atoms with Crippen molar-refractivity contribution in [1.29, 1.82) is 0 Å². The second kappa shape index (κ2) is 6.47. The number of nitrogen functional groups attached to an aromatic ring is 1. The van der Waals surface area contributed by atoms with E-state index in [1.807, 2.05) is 26.8 Å². The summed E-state index contributed by atoms with van der Waals surface area (Å²) >= 11 is 0. The molecule has 2 heterocycles. The molecule has 3 rings (SSSR count). The first-order valence-electron chi connectivity index (χ1n) is 7.99. The first-order valence-corrected chi connectivity index (χ1v) is 7.99. The maximum Gasteiger partial charge on any atom is 0.228 e. The van der Waals surface area contributed by atoms with Gasteiger partial charge in [-0.05, 0) is 30.7 Å². The van der Waals surface area contributed by atoms with E-state index in [4.69, 9.17) is 5.73 Å². The van der Waals surface area contributed by atoms with Crippen molar-refractivity contribution in [3.05, 3.63) is 48.0 Å². The fourth-order valence-corrected chi connectivity index (χ4v) is 2.51. The molecule has 0 fully saturated rings. The zero-order valence-corrected chi connectivity index (χ0v) is 14.3. The number of amides is 1. The van der Waals surface area contributed by atoms with Crippen molar-refractivity contribution in [3.63, 3.8) is 0 Å². The van der Waals surface area contributed by atoms with E-state index in [0.29, 0.717) is 5.82 Å². The zero-order valence-electron chi connectivity index (χ0n) is 14.3. The molecule has 6 heteroatoms. The Kier molecular flexibility index (Phi) is 4.35. The van der Waals surface area contributed by atoms with Gasteiger partial charge in [0, 0.05) is 34.8 Å². The van der Waals surface area contributed by atoms with Crippen LogP contribution >= 0.6 is 0 Å². The Labute approximate surface area is 145 Å². The summed E-state index contributed by atoms with van der Waals surface area (Å²) in [4.78, 5) is 20.7. The number of aromatic nitrogens is 2. The summed E-state index contributed by atoms with van der Waals surface area (Å²) in [6.07, 6.45) is 1.66. The molecule has 0 saturated carbocycles. The number of carbonyl (C=O) groups excluding carboxylic acids is 1. The molecule has 0 radical (unpaired) electrons. The lowest BCUT2D eigenvalue weighted by molar-refractivity contribution is -0.118. The average molecular weight is 338 g/mol. The molecule has 5 nitrogen and oxygen atoms in total. The Morgan fingerprint density at radius 3 is 2.68 bits per heavy atom. The number of carbonyl (C=O) groups is 1. The standard InChI is InChI=1S/C19H19FN4O/c1-10(2)19(25)24-18-8-17-13(9-22-18)6-14(11(3)23-17)12-4-5-15(20)16(21)7-12/h4-10H,21H2,1-3H3,(H,22,24,25). The van der Waals surface area contributed by atoms with Crippen LogP contribution in [0.15, 0.2) is 36.5 Å². The minimum Gasteiger partial charge on any atom is -0.396 e. The van der Waals surface area contributed by atoms with Crippen LogP contribution in [0, 0.1) is 18.7 Å². The Balaban J connectivity index is 2.02. The minimum absolute atomic E-state index is 0.0954. The van der Waals surface area contributed by atoms with E-state index in [9.17, 15) is 9.18 Å². The minimum atomic E-state index is -0.442. The number of aryl methyl sites for hydroxylation is 1. The highest BCUT2D eigenvalue weighted by atomic mass is 19.1. The third-order valence-corrected chi connectivity index (χ3v) is 3.97. The molecule has 25 heavy (non-hydrogen) atoms. The fourth-order valence-electron chi connectivity index (χ4n) is 2.51. The van der Waals surface area contributed by atoms with Crippen LogP contribution in [-0.4, -0.2) is 15.9 Å². The lowest BCUT2D eigenvalue weighted by Gasteiger charge is -2.11. The molecule has 2 aromatic heterocycles. The molecule has 0 aliphatic rings. The van der Waals surface area contributed by atoms with E-state index in [1.165, 1.54) is 6.07 Å². The Morgan fingerprint density at radius 1 is 1.24 bits per heavy atom. The number of hydrogen-bond acceptors (Lipinski definition) is 4. The Hall–Kier alpha value is -3.02. The van der Waals surface area contributed by atoms with E-state index in [1.54, 1.807) is 24.4 Å². The molecular formula is C19H19FN4O. The van der Waals surface area contributed by atoms with Gasteiger partial charge in [-0.15, -0.1) is 0 Å². The van der Waals surface area contributed by atoms with Crippen LogP contribution < -0.4 is 11.1 Å². The number of rotatable bonds is 3. The molecule has 0 bridgehead atoms. The zero-order chi connectivity index (χ0) is 18.1. The normalized spacial score (nSPS) is 11.1. The maximum atomic E-state index is 13.4. The van der Waals surface area contributed by atoms with Crippen LogP contribution in [0.1, 0.15) is 19.5 Å². The van der Waals surface area contributed by atoms with Crippen LogP contribution in [0.5, 0.6) is 0 Å². The summed E-state index contributed by atoms with van der Waals surface area (Å²) in [5, 5.41) is 3.59. The summed E-state index contributed by atoms with van der Waals surface area (Å²) in [7, 11) is 0. The van der Waals surface area contributed by atoms with Crippen molar-refractivity contribution >= 4 is 28.3 Å². The van der Waals surface area contributed by atoms with Gasteiger partial charge in [-0.2, -0.15) is 0 Å². The SMILES string of the molecule is Cc1nc2cc(NC(=O)C(C)C)ncc2cc1-c1ccc(F)c(N)c1. The van der Waals surface area contributed by atoms with Crippen LogP contribution in [0.2, 0.25) is 0 Å². The van der Waals surface area contributed by atoms with Crippen molar-refractivity contribution in [2.45, 2.75) is 20.8 Å². The summed E-state index contributed by atoms with van der Waals surface area (Å²) in [6, 6.07) is 8.29. The molecule has 0 saturated heterocycles. The van der Waals surface area contributed by atoms with Crippen molar-refractivity contribution in [2.75, 3.05) is 11.1 Å². The number of benzene rings is 1. The number of anilines is 2. The van der Waals surface area contributed by atoms with E-state index in [0.717, 1.165) is 27.7 Å². The molecule has 1 aromatic carbocycles. The first kappa shape index (κ1) is 16.8. The lowest BCUT2D eigenvalue weighted by atomic mass is 10.0. The summed E-state index contributed by atoms with van der Waals surface area (Å²) in [5.41, 5.74) is 8.93.